The van der Waals surface area contributed by atoms with Gasteiger partial charge in [-0.2, -0.15) is 18.4 Å². The normalized spacial score (nSPS) is 15.6. The summed E-state index contributed by atoms with van der Waals surface area (Å²) in [4.78, 5) is 8.90. The number of aliphatic carboxylic acids is 1. The molecule has 86 valence electrons. The monoisotopic (exact) mass is 224 g/mol. The Hall–Kier alpha value is -1.29. The predicted molar refractivity (Wildman–Crippen MR) is 44.9 cm³/mol. The van der Waals surface area contributed by atoms with Crippen LogP contribution in [-0.4, -0.2) is 30.3 Å². The van der Waals surface area contributed by atoms with Gasteiger partial charge in [-0.15, -0.1) is 0 Å². The molecule has 1 saturated heterocycles. The Morgan fingerprint density at radius 2 is 2.00 bits per heavy atom. The van der Waals surface area contributed by atoms with E-state index in [1.165, 1.54) is 0 Å². The lowest BCUT2D eigenvalue weighted by Crippen LogP contribution is -2.41. The number of carbonyl (C=O) groups is 1. The molecule has 2 N–H and O–H groups in total. The van der Waals surface area contributed by atoms with E-state index in [1.807, 2.05) is 0 Å². The van der Waals surface area contributed by atoms with Crippen molar-refractivity contribution in [2.24, 2.45) is 5.92 Å². The van der Waals surface area contributed by atoms with E-state index in [9.17, 15) is 13.2 Å². The number of halogens is 3. The van der Waals surface area contributed by atoms with Crippen molar-refractivity contribution in [3.05, 3.63) is 0 Å². The third-order valence-corrected chi connectivity index (χ3v) is 1.77. The first-order valence-electron chi connectivity index (χ1n) is 4.25. The number of carboxylic acids is 1. The molecular formula is C8H11F3N2O2. The van der Waals surface area contributed by atoms with Crippen molar-refractivity contribution < 1.29 is 23.1 Å². The largest absolute Gasteiger partial charge is 0.490 e. The molecule has 0 saturated carbocycles. The van der Waals surface area contributed by atoms with E-state index >= 15 is 0 Å². The molecule has 0 unspecified atom stereocenters. The standard InChI is InChI=1S/C6H10N2.C2HF3O2/c7-3-1-2-6-4-8-5-6;3-2(4,5)1(6)7/h6,8H,1-2,4-5H2;(H,6,7). The van der Waals surface area contributed by atoms with Crippen molar-refractivity contribution in [3.63, 3.8) is 0 Å². The lowest BCUT2D eigenvalue weighted by molar-refractivity contribution is -0.192. The highest BCUT2D eigenvalue weighted by Gasteiger charge is 2.38. The van der Waals surface area contributed by atoms with Gasteiger partial charge in [-0.05, 0) is 25.4 Å². The van der Waals surface area contributed by atoms with Gasteiger partial charge in [0.25, 0.3) is 0 Å². The summed E-state index contributed by atoms with van der Waals surface area (Å²) in [5, 5.41) is 18.5. The van der Waals surface area contributed by atoms with Gasteiger partial charge in [0.05, 0.1) is 6.07 Å². The van der Waals surface area contributed by atoms with Gasteiger partial charge in [0.15, 0.2) is 0 Å². The van der Waals surface area contributed by atoms with Crippen LogP contribution >= 0.6 is 0 Å². The van der Waals surface area contributed by atoms with Gasteiger partial charge in [0.2, 0.25) is 0 Å². The van der Waals surface area contributed by atoms with E-state index in [-0.39, 0.29) is 0 Å². The maximum atomic E-state index is 10.6. The van der Waals surface area contributed by atoms with Crippen LogP contribution in [0.4, 0.5) is 13.2 Å². The molecule has 0 radical (unpaired) electrons. The van der Waals surface area contributed by atoms with Crippen LogP contribution < -0.4 is 5.32 Å². The Morgan fingerprint density at radius 3 is 2.20 bits per heavy atom. The van der Waals surface area contributed by atoms with Gasteiger partial charge in [-0.1, -0.05) is 0 Å². The maximum Gasteiger partial charge on any atom is 0.490 e. The Bertz CT molecular complexity index is 243. The average Bonchev–Trinajstić information content (AvgIpc) is 2.01. The SMILES string of the molecule is N#CCCC1CNC1.O=C(O)C(F)(F)F. The van der Waals surface area contributed by atoms with Gasteiger partial charge in [-0.25, -0.2) is 4.79 Å². The van der Waals surface area contributed by atoms with Crippen molar-refractivity contribution in [3.8, 4) is 6.07 Å². The van der Waals surface area contributed by atoms with Crippen LogP contribution in [0.5, 0.6) is 0 Å². The number of hydrogen-bond donors (Lipinski definition) is 2. The molecule has 4 nitrogen and oxygen atoms in total. The second-order valence-electron chi connectivity index (χ2n) is 3.02. The van der Waals surface area contributed by atoms with Crippen molar-refractivity contribution >= 4 is 5.97 Å². The molecule has 0 bridgehead atoms. The molecule has 0 aromatic carbocycles. The van der Waals surface area contributed by atoms with E-state index < -0.39 is 12.1 Å². The Morgan fingerprint density at radius 1 is 1.53 bits per heavy atom. The summed E-state index contributed by atoms with van der Waals surface area (Å²) >= 11 is 0. The highest BCUT2D eigenvalue weighted by atomic mass is 19.4. The summed E-state index contributed by atoms with van der Waals surface area (Å²) in [6.07, 6.45) is -3.27. The van der Waals surface area contributed by atoms with Gasteiger partial charge >= 0.3 is 12.1 Å². The van der Waals surface area contributed by atoms with Crippen LogP contribution in [-0.2, 0) is 4.79 Å². The average molecular weight is 224 g/mol. The number of nitriles is 1. The number of hydrogen-bond acceptors (Lipinski definition) is 3. The molecule has 0 spiro atoms. The van der Waals surface area contributed by atoms with Crippen LogP contribution in [0.2, 0.25) is 0 Å². The highest BCUT2D eigenvalue weighted by Crippen LogP contribution is 2.13. The lowest BCUT2D eigenvalue weighted by Gasteiger charge is -2.25. The third kappa shape index (κ3) is 6.74. The van der Waals surface area contributed by atoms with E-state index in [2.05, 4.69) is 11.4 Å². The summed E-state index contributed by atoms with van der Waals surface area (Å²) in [7, 11) is 0. The molecule has 0 amide bonds. The first-order valence-corrected chi connectivity index (χ1v) is 4.25. The van der Waals surface area contributed by atoms with Gasteiger partial charge in [0, 0.05) is 6.42 Å². The summed E-state index contributed by atoms with van der Waals surface area (Å²) in [6.45, 7) is 2.25. The molecule has 7 heteroatoms. The smallest absolute Gasteiger partial charge is 0.475 e. The second kappa shape index (κ2) is 6.24. The lowest BCUT2D eigenvalue weighted by atomic mass is 9.98. The van der Waals surface area contributed by atoms with Gasteiger partial charge in [-0.3, -0.25) is 0 Å². The molecule has 1 aliphatic rings. The minimum atomic E-state index is -5.08. The molecule has 1 heterocycles. The van der Waals surface area contributed by atoms with Crippen LogP contribution in [0.1, 0.15) is 12.8 Å². The summed E-state index contributed by atoms with van der Waals surface area (Å²) in [6, 6.07) is 2.14. The molecule has 1 aliphatic heterocycles. The molecule has 1 rings (SSSR count). The minimum Gasteiger partial charge on any atom is -0.475 e. The van der Waals surface area contributed by atoms with Gasteiger partial charge < -0.3 is 10.4 Å². The van der Waals surface area contributed by atoms with Crippen molar-refractivity contribution in [1.82, 2.24) is 5.32 Å². The van der Waals surface area contributed by atoms with E-state index in [1.54, 1.807) is 0 Å². The van der Waals surface area contributed by atoms with Crippen LogP contribution in [0.3, 0.4) is 0 Å². The van der Waals surface area contributed by atoms with E-state index in [0.29, 0.717) is 0 Å². The quantitative estimate of drug-likeness (QED) is 0.737. The Labute approximate surface area is 84.7 Å². The Balaban J connectivity index is 0.000000265. The maximum absolute atomic E-state index is 10.6. The van der Waals surface area contributed by atoms with Crippen LogP contribution in [0.15, 0.2) is 0 Å². The highest BCUT2D eigenvalue weighted by molar-refractivity contribution is 5.73. The zero-order chi connectivity index (χ0) is 11.9. The number of alkyl halides is 3. The molecule has 0 atom stereocenters. The molecule has 15 heavy (non-hydrogen) atoms. The topological polar surface area (TPSA) is 73.1 Å². The fraction of sp³-hybridized carbons (Fsp3) is 0.750. The zero-order valence-electron chi connectivity index (χ0n) is 7.84. The van der Waals surface area contributed by atoms with Crippen molar-refractivity contribution in [2.75, 3.05) is 13.1 Å². The fourth-order valence-electron chi connectivity index (χ4n) is 0.821. The second-order valence-corrected chi connectivity index (χ2v) is 3.02. The first kappa shape index (κ1) is 13.7. The predicted octanol–water partition coefficient (Wildman–Crippen LogP) is 1.14. The zero-order valence-corrected chi connectivity index (χ0v) is 7.84. The third-order valence-electron chi connectivity index (χ3n) is 1.77. The van der Waals surface area contributed by atoms with Crippen molar-refractivity contribution in [2.45, 2.75) is 19.0 Å². The number of nitrogens with one attached hydrogen (secondary N) is 1. The van der Waals surface area contributed by atoms with Gasteiger partial charge in [0.1, 0.15) is 0 Å². The first-order chi connectivity index (χ1) is 6.88. The number of rotatable bonds is 2. The van der Waals surface area contributed by atoms with Crippen LogP contribution in [0, 0.1) is 17.2 Å². The van der Waals surface area contributed by atoms with E-state index in [4.69, 9.17) is 15.2 Å². The molecule has 0 aromatic rings. The van der Waals surface area contributed by atoms with E-state index in [0.717, 1.165) is 31.8 Å². The number of carboxylic acid groups (broad SMARTS) is 1. The molecular weight excluding hydrogens is 213 g/mol. The minimum absolute atomic E-state index is 0.729. The fourth-order valence-corrected chi connectivity index (χ4v) is 0.821. The van der Waals surface area contributed by atoms with Crippen LogP contribution in [0.25, 0.3) is 0 Å². The number of nitrogens with zero attached hydrogens (tertiary/aromatic N) is 1. The Kier molecular flexibility index (Phi) is 5.70. The molecule has 0 aromatic heterocycles. The summed E-state index contributed by atoms with van der Waals surface area (Å²) < 4.78 is 31.7. The summed E-state index contributed by atoms with van der Waals surface area (Å²) in [5.74, 6) is -1.96. The molecule has 1 fully saturated rings. The van der Waals surface area contributed by atoms with Crippen molar-refractivity contribution in [1.29, 1.82) is 5.26 Å². The summed E-state index contributed by atoms with van der Waals surface area (Å²) in [5.41, 5.74) is 0. The molecule has 0 aliphatic carbocycles.